The highest BCUT2D eigenvalue weighted by Crippen LogP contribution is 2.37. The fourth-order valence-electron chi connectivity index (χ4n) is 2.80. The second-order valence-corrected chi connectivity index (χ2v) is 4.85. The molecule has 0 bridgehead atoms. The van der Waals surface area contributed by atoms with Gasteiger partial charge in [0.05, 0.1) is 6.04 Å². The van der Waals surface area contributed by atoms with Crippen LogP contribution in [0.3, 0.4) is 0 Å². The average Bonchev–Trinajstić information content (AvgIpc) is 3.01. The number of aryl methyl sites for hydroxylation is 1. The average molecular weight is 258 g/mol. The molecule has 0 amide bonds. The molecule has 0 radical (unpaired) electrons. The molecular weight excluding hydrogens is 244 g/mol. The molecule has 0 aliphatic carbocycles. The zero-order valence-corrected chi connectivity index (χ0v) is 10.4. The summed E-state index contributed by atoms with van der Waals surface area (Å²) >= 11 is 0. The number of ether oxygens (including phenoxy) is 2. The van der Waals surface area contributed by atoms with Crippen LogP contribution in [-0.4, -0.2) is 21.6 Å². The van der Waals surface area contributed by atoms with Crippen LogP contribution < -0.4 is 15.2 Å². The van der Waals surface area contributed by atoms with E-state index < -0.39 is 0 Å². The van der Waals surface area contributed by atoms with E-state index in [-0.39, 0.29) is 6.04 Å². The summed E-state index contributed by atoms with van der Waals surface area (Å²) in [6.07, 6.45) is 3.07. The van der Waals surface area contributed by atoms with Crippen molar-refractivity contribution in [3.8, 4) is 11.5 Å². The molecule has 2 aliphatic rings. The molecule has 98 valence electrons. The van der Waals surface area contributed by atoms with Crippen molar-refractivity contribution in [1.82, 2.24) is 14.8 Å². The molecule has 0 fully saturated rings. The van der Waals surface area contributed by atoms with Crippen molar-refractivity contribution < 1.29 is 9.47 Å². The Balaban J connectivity index is 1.77. The number of aromatic nitrogens is 3. The quantitative estimate of drug-likeness (QED) is 0.839. The van der Waals surface area contributed by atoms with E-state index in [0.29, 0.717) is 12.7 Å². The van der Waals surface area contributed by atoms with Crippen LogP contribution in [0.5, 0.6) is 11.5 Å². The monoisotopic (exact) mass is 258 g/mol. The maximum Gasteiger partial charge on any atom is 0.239 e. The SMILES string of the molecule is Nc1nc2n(n1)C(c1ccc3c(c1)OCO3)CCC2. The van der Waals surface area contributed by atoms with Crippen LogP contribution in [0.15, 0.2) is 18.2 Å². The molecule has 1 unspecified atom stereocenters. The zero-order chi connectivity index (χ0) is 12.8. The summed E-state index contributed by atoms with van der Waals surface area (Å²) in [4.78, 5) is 4.27. The highest BCUT2D eigenvalue weighted by molar-refractivity contribution is 5.45. The van der Waals surface area contributed by atoms with Crippen molar-refractivity contribution in [2.45, 2.75) is 25.3 Å². The summed E-state index contributed by atoms with van der Waals surface area (Å²) in [6, 6.07) is 6.22. The van der Waals surface area contributed by atoms with Crippen molar-refractivity contribution in [2.24, 2.45) is 0 Å². The first kappa shape index (κ1) is 10.7. The molecule has 0 saturated heterocycles. The largest absolute Gasteiger partial charge is 0.454 e. The second-order valence-electron chi connectivity index (χ2n) is 4.85. The Bertz CT molecular complexity index is 638. The predicted molar refractivity (Wildman–Crippen MR) is 68.1 cm³/mol. The number of rotatable bonds is 1. The van der Waals surface area contributed by atoms with Crippen molar-refractivity contribution >= 4 is 5.95 Å². The van der Waals surface area contributed by atoms with E-state index in [2.05, 4.69) is 16.1 Å². The Morgan fingerprint density at radius 1 is 1.26 bits per heavy atom. The van der Waals surface area contributed by atoms with Gasteiger partial charge in [-0.3, -0.25) is 0 Å². The zero-order valence-electron chi connectivity index (χ0n) is 10.4. The molecule has 1 aromatic carbocycles. The van der Waals surface area contributed by atoms with E-state index in [1.165, 1.54) is 0 Å². The van der Waals surface area contributed by atoms with E-state index in [0.717, 1.165) is 42.1 Å². The van der Waals surface area contributed by atoms with Gasteiger partial charge in [0.1, 0.15) is 5.82 Å². The number of nitrogens with two attached hydrogens (primary N) is 1. The highest BCUT2D eigenvalue weighted by atomic mass is 16.7. The summed E-state index contributed by atoms with van der Waals surface area (Å²) in [5.41, 5.74) is 6.86. The molecule has 1 atom stereocenters. The first-order valence-corrected chi connectivity index (χ1v) is 6.42. The van der Waals surface area contributed by atoms with Crippen molar-refractivity contribution in [2.75, 3.05) is 12.5 Å². The third-order valence-electron chi connectivity index (χ3n) is 3.67. The van der Waals surface area contributed by atoms with E-state index in [1.807, 2.05) is 16.8 Å². The number of fused-ring (bicyclic) bond motifs is 2. The lowest BCUT2D eigenvalue weighted by Crippen LogP contribution is -2.20. The maximum atomic E-state index is 5.70. The Morgan fingerprint density at radius 3 is 3.11 bits per heavy atom. The smallest absolute Gasteiger partial charge is 0.239 e. The number of anilines is 1. The molecule has 6 nitrogen and oxygen atoms in total. The van der Waals surface area contributed by atoms with Gasteiger partial charge in [0, 0.05) is 6.42 Å². The summed E-state index contributed by atoms with van der Waals surface area (Å²) in [7, 11) is 0. The van der Waals surface area contributed by atoms with E-state index in [1.54, 1.807) is 0 Å². The molecule has 0 spiro atoms. The molecule has 4 rings (SSSR count). The van der Waals surface area contributed by atoms with Gasteiger partial charge < -0.3 is 15.2 Å². The third kappa shape index (κ3) is 1.63. The summed E-state index contributed by atoms with van der Waals surface area (Å²) in [5, 5.41) is 4.31. The molecular formula is C13H14N4O2. The number of nitrogens with zero attached hydrogens (tertiary/aromatic N) is 3. The Labute approximate surface area is 110 Å². The summed E-state index contributed by atoms with van der Waals surface area (Å²) < 4.78 is 12.7. The molecule has 3 heterocycles. The minimum absolute atomic E-state index is 0.183. The first-order chi connectivity index (χ1) is 9.31. The van der Waals surface area contributed by atoms with Crippen LogP contribution in [0, 0.1) is 0 Å². The predicted octanol–water partition coefficient (Wildman–Crippen LogP) is 1.51. The molecule has 2 aromatic rings. The van der Waals surface area contributed by atoms with Gasteiger partial charge in [0.25, 0.3) is 0 Å². The lowest BCUT2D eigenvalue weighted by atomic mass is 9.97. The van der Waals surface area contributed by atoms with Crippen LogP contribution in [-0.2, 0) is 6.42 Å². The fraction of sp³-hybridized carbons (Fsp3) is 0.385. The molecule has 2 aliphatic heterocycles. The van der Waals surface area contributed by atoms with Crippen LogP contribution in [0.4, 0.5) is 5.95 Å². The minimum Gasteiger partial charge on any atom is -0.454 e. The standard InChI is InChI=1S/C13H14N4O2/c14-13-15-12-3-1-2-9(17(12)16-13)8-4-5-10-11(6-8)19-7-18-10/h4-6,9H,1-3,7H2,(H2,14,16). The molecule has 6 heteroatoms. The molecule has 19 heavy (non-hydrogen) atoms. The number of hydrogen-bond donors (Lipinski definition) is 1. The molecule has 1 aromatic heterocycles. The van der Waals surface area contributed by atoms with Gasteiger partial charge in [-0.05, 0) is 30.5 Å². The van der Waals surface area contributed by atoms with E-state index in [4.69, 9.17) is 15.2 Å². The van der Waals surface area contributed by atoms with Gasteiger partial charge in [-0.2, -0.15) is 4.98 Å². The van der Waals surface area contributed by atoms with Crippen LogP contribution in [0.25, 0.3) is 0 Å². The fourth-order valence-corrected chi connectivity index (χ4v) is 2.80. The second kappa shape index (κ2) is 3.88. The maximum absolute atomic E-state index is 5.70. The van der Waals surface area contributed by atoms with Gasteiger partial charge in [-0.15, -0.1) is 5.10 Å². The van der Waals surface area contributed by atoms with Gasteiger partial charge >= 0.3 is 0 Å². The summed E-state index contributed by atoms with van der Waals surface area (Å²) in [5.74, 6) is 2.92. The van der Waals surface area contributed by atoms with Crippen molar-refractivity contribution in [3.63, 3.8) is 0 Å². The van der Waals surface area contributed by atoms with Crippen LogP contribution in [0.1, 0.15) is 30.3 Å². The lowest BCUT2D eigenvalue weighted by Gasteiger charge is -2.23. The summed E-state index contributed by atoms with van der Waals surface area (Å²) in [6.45, 7) is 0.297. The van der Waals surface area contributed by atoms with Gasteiger partial charge in [0.2, 0.25) is 12.7 Å². The van der Waals surface area contributed by atoms with Gasteiger partial charge in [-0.25, -0.2) is 4.68 Å². The van der Waals surface area contributed by atoms with Crippen LogP contribution >= 0.6 is 0 Å². The topological polar surface area (TPSA) is 75.2 Å². The Morgan fingerprint density at radius 2 is 2.16 bits per heavy atom. The van der Waals surface area contributed by atoms with Crippen molar-refractivity contribution in [3.05, 3.63) is 29.6 Å². The van der Waals surface area contributed by atoms with Crippen molar-refractivity contribution in [1.29, 1.82) is 0 Å². The van der Waals surface area contributed by atoms with E-state index in [9.17, 15) is 0 Å². The minimum atomic E-state index is 0.183. The molecule has 2 N–H and O–H groups in total. The third-order valence-corrected chi connectivity index (χ3v) is 3.67. The van der Waals surface area contributed by atoms with Gasteiger partial charge in [0.15, 0.2) is 11.5 Å². The van der Waals surface area contributed by atoms with E-state index >= 15 is 0 Å². The Hall–Kier alpha value is -2.24. The Kier molecular flexibility index (Phi) is 2.18. The first-order valence-electron chi connectivity index (χ1n) is 6.42. The number of nitrogen functional groups attached to an aromatic ring is 1. The van der Waals surface area contributed by atoms with Gasteiger partial charge in [-0.1, -0.05) is 6.07 Å². The van der Waals surface area contributed by atoms with Crippen LogP contribution in [0.2, 0.25) is 0 Å². The number of hydrogen-bond acceptors (Lipinski definition) is 5. The normalized spacial score (nSPS) is 20.3. The highest BCUT2D eigenvalue weighted by Gasteiger charge is 2.25. The molecule has 0 saturated carbocycles. The lowest BCUT2D eigenvalue weighted by molar-refractivity contribution is 0.174. The number of benzene rings is 1.